The first kappa shape index (κ1) is 21.2. The second-order valence-electron chi connectivity index (χ2n) is 7.87. The van der Waals surface area contributed by atoms with Gasteiger partial charge in [-0.3, -0.25) is 9.59 Å². The van der Waals surface area contributed by atoms with Crippen LogP contribution in [-0.2, 0) is 16.1 Å². The Kier molecular flexibility index (Phi) is 7.55. The van der Waals surface area contributed by atoms with Gasteiger partial charge >= 0.3 is 0 Å². The molecule has 1 aliphatic heterocycles. The van der Waals surface area contributed by atoms with Gasteiger partial charge < -0.3 is 19.7 Å². The van der Waals surface area contributed by atoms with E-state index in [9.17, 15) is 9.59 Å². The van der Waals surface area contributed by atoms with Crippen LogP contribution in [0.4, 0.5) is 0 Å². The van der Waals surface area contributed by atoms with Crippen LogP contribution in [0.5, 0.6) is 11.5 Å². The van der Waals surface area contributed by atoms with Gasteiger partial charge in [0, 0.05) is 43.3 Å². The van der Waals surface area contributed by atoms with Crippen molar-refractivity contribution in [1.82, 2.24) is 10.2 Å². The van der Waals surface area contributed by atoms with Crippen molar-refractivity contribution in [2.45, 2.75) is 51.5 Å². The Hall–Kier alpha value is -2.50. The lowest BCUT2D eigenvalue weighted by atomic mass is 9.92. The van der Waals surface area contributed by atoms with E-state index in [-0.39, 0.29) is 11.8 Å². The zero-order chi connectivity index (χ0) is 20.6. The summed E-state index contributed by atoms with van der Waals surface area (Å²) in [5, 5.41) is 2.98. The van der Waals surface area contributed by atoms with Crippen molar-refractivity contribution in [1.29, 1.82) is 0 Å². The van der Waals surface area contributed by atoms with Gasteiger partial charge in [-0.25, -0.2) is 0 Å². The van der Waals surface area contributed by atoms with Gasteiger partial charge in [0.25, 0.3) is 0 Å². The van der Waals surface area contributed by atoms with E-state index in [1.54, 1.807) is 14.2 Å². The molecule has 1 aromatic carbocycles. The van der Waals surface area contributed by atoms with Crippen LogP contribution in [0.2, 0.25) is 0 Å². The molecule has 6 nitrogen and oxygen atoms in total. The highest BCUT2D eigenvalue weighted by atomic mass is 16.5. The van der Waals surface area contributed by atoms with Crippen molar-refractivity contribution in [3.8, 4) is 11.5 Å². The third-order valence-corrected chi connectivity index (χ3v) is 5.87. The van der Waals surface area contributed by atoms with Crippen molar-refractivity contribution < 1.29 is 19.1 Å². The maximum Gasteiger partial charge on any atom is 0.249 e. The summed E-state index contributed by atoms with van der Waals surface area (Å²) >= 11 is 0. The number of ether oxygens (including phenoxy) is 2. The number of hydrogen-bond donors (Lipinski definition) is 1. The molecule has 1 N–H and O–H groups in total. The van der Waals surface area contributed by atoms with Gasteiger partial charge in [0.2, 0.25) is 11.8 Å². The average molecular weight is 401 g/mol. The summed E-state index contributed by atoms with van der Waals surface area (Å²) in [5.41, 5.74) is 1.90. The molecule has 1 saturated heterocycles. The number of hydrogen-bond acceptors (Lipinski definition) is 4. The molecule has 0 bridgehead atoms. The quantitative estimate of drug-likeness (QED) is 0.726. The van der Waals surface area contributed by atoms with E-state index >= 15 is 0 Å². The Morgan fingerprint density at radius 2 is 2.07 bits per heavy atom. The zero-order valence-corrected chi connectivity index (χ0v) is 17.5. The lowest BCUT2D eigenvalue weighted by molar-refractivity contribution is -0.129. The maximum atomic E-state index is 12.6. The third-order valence-electron chi connectivity index (χ3n) is 5.87. The van der Waals surface area contributed by atoms with Gasteiger partial charge in [0.05, 0.1) is 14.2 Å². The first-order valence-electron chi connectivity index (χ1n) is 10.6. The van der Waals surface area contributed by atoms with Crippen molar-refractivity contribution in [2.75, 3.05) is 27.3 Å². The molecule has 0 saturated carbocycles. The molecule has 1 aromatic rings. The van der Waals surface area contributed by atoms with Crippen LogP contribution in [0.15, 0.2) is 29.8 Å². The first-order chi connectivity index (χ1) is 14.1. The van der Waals surface area contributed by atoms with Crippen molar-refractivity contribution in [3.05, 3.63) is 35.4 Å². The number of benzene rings is 1. The molecule has 0 aromatic heterocycles. The molecule has 158 valence electrons. The maximum absolute atomic E-state index is 12.6. The minimum atomic E-state index is 0.0322. The summed E-state index contributed by atoms with van der Waals surface area (Å²) < 4.78 is 10.6. The van der Waals surface area contributed by atoms with Crippen molar-refractivity contribution >= 4 is 11.8 Å². The Labute approximate surface area is 173 Å². The predicted molar refractivity (Wildman–Crippen MR) is 112 cm³/mol. The molecule has 1 aliphatic carbocycles. The highest BCUT2D eigenvalue weighted by Crippen LogP contribution is 2.26. The normalized spacial score (nSPS) is 18.9. The van der Waals surface area contributed by atoms with E-state index in [1.165, 1.54) is 0 Å². The third kappa shape index (κ3) is 5.75. The van der Waals surface area contributed by atoms with E-state index in [4.69, 9.17) is 9.47 Å². The Morgan fingerprint density at radius 3 is 2.79 bits per heavy atom. The number of likely N-dealkylation sites (tertiary alicyclic amines) is 1. The number of carbonyl (C=O) groups excluding carboxylic acids is 2. The first-order valence-corrected chi connectivity index (χ1v) is 10.6. The molecule has 2 amide bonds. The molecule has 1 atom stereocenters. The summed E-state index contributed by atoms with van der Waals surface area (Å²) in [6.45, 7) is 2.04. The molecule has 0 spiro atoms. The van der Waals surface area contributed by atoms with Crippen LogP contribution in [0.1, 0.15) is 50.5 Å². The average Bonchev–Trinajstić information content (AvgIpc) is 3.30. The van der Waals surface area contributed by atoms with E-state index < -0.39 is 0 Å². The van der Waals surface area contributed by atoms with Gasteiger partial charge in [-0.05, 0) is 56.6 Å². The van der Waals surface area contributed by atoms with Crippen LogP contribution in [-0.4, -0.2) is 44.0 Å². The van der Waals surface area contributed by atoms with Crippen LogP contribution in [0.3, 0.4) is 0 Å². The lowest BCUT2D eigenvalue weighted by Crippen LogP contribution is -2.40. The standard InChI is InChI=1S/C23H32N2O4/c1-28-20-11-10-19(21(14-20)29-2)15-24-22(26)12-9-17-6-5-13-25(16-17)23(27)18-7-3-4-8-18/h7,10-11,14,17H,3-6,8-9,12-13,15-16H2,1-2H3,(H,24,26)/t17-/m0/s1. The fourth-order valence-corrected chi connectivity index (χ4v) is 4.17. The highest BCUT2D eigenvalue weighted by Gasteiger charge is 2.26. The lowest BCUT2D eigenvalue weighted by Gasteiger charge is -2.33. The zero-order valence-electron chi connectivity index (χ0n) is 17.5. The topological polar surface area (TPSA) is 67.9 Å². The number of piperidine rings is 1. The molecule has 2 aliphatic rings. The number of amides is 2. The largest absolute Gasteiger partial charge is 0.497 e. The molecular formula is C23H32N2O4. The van der Waals surface area contributed by atoms with Gasteiger partial charge in [-0.1, -0.05) is 6.08 Å². The number of carbonyl (C=O) groups is 2. The fourth-order valence-electron chi connectivity index (χ4n) is 4.17. The molecule has 29 heavy (non-hydrogen) atoms. The van der Waals surface area contributed by atoms with Crippen molar-refractivity contribution in [2.24, 2.45) is 5.92 Å². The summed E-state index contributed by atoms with van der Waals surface area (Å²) in [4.78, 5) is 26.9. The number of rotatable bonds is 8. The summed E-state index contributed by atoms with van der Waals surface area (Å²) in [7, 11) is 3.22. The van der Waals surface area contributed by atoms with E-state index in [0.717, 1.165) is 68.5 Å². The van der Waals surface area contributed by atoms with Crippen LogP contribution >= 0.6 is 0 Å². The Morgan fingerprint density at radius 1 is 1.21 bits per heavy atom. The molecule has 0 radical (unpaired) electrons. The molecule has 6 heteroatoms. The van der Waals surface area contributed by atoms with Gasteiger partial charge in [-0.2, -0.15) is 0 Å². The number of allylic oxidation sites excluding steroid dienone is 1. The number of nitrogens with one attached hydrogen (secondary N) is 1. The van der Waals surface area contributed by atoms with E-state index in [0.29, 0.717) is 24.6 Å². The van der Waals surface area contributed by atoms with E-state index in [1.807, 2.05) is 23.1 Å². The van der Waals surface area contributed by atoms with Gasteiger partial charge in [0.15, 0.2) is 0 Å². The number of nitrogens with zero attached hydrogens (tertiary/aromatic N) is 1. The smallest absolute Gasteiger partial charge is 0.249 e. The second kappa shape index (κ2) is 10.3. The minimum absolute atomic E-state index is 0.0322. The van der Waals surface area contributed by atoms with Gasteiger partial charge in [-0.15, -0.1) is 0 Å². The fraction of sp³-hybridized carbons (Fsp3) is 0.565. The Bertz CT molecular complexity index is 759. The summed E-state index contributed by atoms with van der Waals surface area (Å²) in [6.07, 6.45) is 8.53. The van der Waals surface area contributed by atoms with Crippen LogP contribution in [0, 0.1) is 5.92 Å². The SMILES string of the molecule is COc1ccc(CNC(=O)CC[C@@H]2CCCN(C(=O)C3=CCCC3)C2)c(OC)c1. The Balaban J connectivity index is 1.44. The number of methoxy groups -OCH3 is 2. The predicted octanol–water partition coefficient (Wildman–Crippen LogP) is 3.45. The summed E-state index contributed by atoms with van der Waals surface area (Å²) in [5.74, 6) is 2.07. The monoisotopic (exact) mass is 400 g/mol. The molecule has 1 heterocycles. The second-order valence-corrected chi connectivity index (χ2v) is 7.87. The van der Waals surface area contributed by atoms with Crippen LogP contribution < -0.4 is 14.8 Å². The highest BCUT2D eigenvalue weighted by molar-refractivity contribution is 5.93. The van der Waals surface area contributed by atoms with Crippen LogP contribution in [0.25, 0.3) is 0 Å². The molecular weight excluding hydrogens is 368 g/mol. The molecule has 1 fully saturated rings. The summed E-state index contributed by atoms with van der Waals surface area (Å²) in [6, 6.07) is 5.58. The van der Waals surface area contributed by atoms with E-state index in [2.05, 4.69) is 11.4 Å². The van der Waals surface area contributed by atoms with Gasteiger partial charge in [0.1, 0.15) is 11.5 Å². The molecule has 0 unspecified atom stereocenters. The molecule has 3 rings (SSSR count). The van der Waals surface area contributed by atoms with Crippen molar-refractivity contribution in [3.63, 3.8) is 0 Å². The minimum Gasteiger partial charge on any atom is -0.497 e.